The van der Waals surface area contributed by atoms with Gasteiger partial charge in [0.25, 0.3) is 5.91 Å². The van der Waals surface area contributed by atoms with Crippen LogP contribution in [-0.4, -0.2) is 65.5 Å². The molecule has 1 aliphatic heterocycles. The van der Waals surface area contributed by atoms with Crippen LogP contribution in [0.5, 0.6) is 0 Å². The molecule has 0 radical (unpaired) electrons. The number of nitrogens with zero attached hydrogens (tertiary/aromatic N) is 2. The summed E-state index contributed by atoms with van der Waals surface area (Å²) < 4.78 is 6.42. The van der Waals surface area contributed by atoms with Crippen molar-refractivity contribution in [3.05, 3.63) is 70.1 Å². The van der Waals surface area contributed by atoms with E-state index in [1.165, 1.54) is 11.3 Å². The largest absolute Gasteiger partial charge is 0.391 e. The molecule has 5 rings (SSSR count). The summed E-state index contributed by atoms with van der Waals surface area (Å²) in [7, 11) is 1.71. The van der Waals surface area contributed by atoms with Crippen LogP contribution in [0.2, 0.25) is 0 Å². The average Bonchev–Trinajstić information content (AvgIpc) is 3.32. The van der Waals surface area contributed by atoms with Gasteiger partial charge in [-0.15, -0.1) is 11.3 Å². The molecule has 0 unspecified atom stereocenters. The number of rotatable bonds is 8. The fourth-order valence-corrected chi connectivity index (χ4v) is 5.88. The fourth-order valence-electron chi connectivity index (χ4n) is 4.76. The SMILES string of the molecule is C=C/C=C(/Nc1ccc2c(c1)cc(C)n2C(=O)NC1CC1)c1sc(C(=O)N2CC[C@H](O)C2)cc1C.CCCOC. The minimum atomic E-state index is -0.439. The van der Waals surface area contributed by atoms with Crippen LogP contribution in [0.4, 0.5) is 10.5 Å². The Morgan fingerprint density at radius 2 is 1.98 bits per heavy atom. The number of ether oxygens (including phenoxy) is 1. The number of anilines is 1. The van der Waals surface area contributed by atoms with Gasteiger partial charge in [0, 0.05) is 49.6 Å². The van der Waals surface area contributed by atoms with Gasteiger partial charge in [0.1, 0.15) is 0 Å². The van der Waals surface area contributed by atoms with Gasteiger partial charge in [-0.05, 0) is 81.5 Å². The van der Waals surface area contributed by atoms with Crippen LogP contribution >= 0.6 is 11.3 Å². The van der Waals surface area contributed by atoms with E-state index in [9.17, 15) is 14.7 Å². The Balaban J connectivity index is 0.000000681. The lowest BCUT2D eigenvalue weighted by Crippen LogP contribution is -2.30. The number of carbonyl (C=O) groups is 2. The number of benzene rings is 1. The Bertz CT molecular complexity index is 1400. The molecule has 40 heavy (non-hydrogen) atoms. The highest BCUT2D eigenvalue weighted by molar-refractivity contribution is 7.15. The van der Waals surface area contributed by atoms with E-state index in [0.717, 1.165) is 64.3 Å². The molecule has 3 aromatic rings. The molecule has 2 amide bonds. The van der Waals surface area contributed by atoms with Crippen LogP contribution in [0.25, 0.3) is 16.6 Å². The van der Waals surface area contributed by atoms with Crippen molar-refractivity contribution < 1.29 is 19.4 Å². The first-order valence-electron chi connectivity index (χ1n) is 13.9. The molecule has 1 aliphatic carbocycles. The maximum absolute atomic E-state index is 12.9. The highest BCUT2D eigenvalue weighted by Crippen LogP contribution is 2.33. The smallest absolute Gasteiger partial charge is 0.326 e. The summed E-state index contributed by atoms with van der Waals surface area (Å²) in [5.41, 5.74) is 4.49. The molecule has 2 fully saturated rings. The second-order valence-corrected chi connectivity index (χ2v) is 11.4. The number of aryl methyl sites for hydroxylation is 2. The van der Waals surface area contributed by atoms with Gasteiger partial charge in [-0.2, -0.15) is 0 Å². The van der Waals surface area contributed by atoms with E-state index in [1.807, 2.05) is 50.3 Å². The molecule has 3 heterocycles. The van der Waals surface area contributed by atoms with Gasteiger partial charge in [-0.1, -0.05) is 19.6 Å². The zero-order chi connectivity index (χ0) is 28.8. The van der Waals surface area contributed by atoms with Gasteiger partial charge in [0.05, 0.1) is 27.1 Å². The number of hydrogen-bond acceptors (Lipinski definition) is 6. The van der Waals surface area contributed by atoms with Crippen molar-refractivity contribution >= 4 is 45.6 Å². The third kappa shape index (κ3) is 7.02. The van der Waals surface area contributed by atoms with Gasteiger partial charge in [0.15, 0.2) is 0 Å². The summed E-state index contributed by atoms with van der Waals surface area (Å²) in [6.07, 6.45) is 7.02. The van der Waals surface area contributed by atoms with Crippen LogP contribution in [-0.2, 0) is 4.74 Å². The number of likely N-dealkylation sites (tertiary alicyclic amines) is 1. The second-order valence-electron chi connectivity index (χ2n) is 10.4. The maximum Gasteiger partial charge on any atom is 0.326 e. The van der Waals surface area contributed by atoms with Crippen LogP contribution in [0, 0.1) is 13.8 Å². The standard InChI is InChI=1S/C27H30N4O3S.C4H10O/c1-4-5-22(25-16(2)12-24(35-25)26(33)30-11-10-21(32)15-30)28-20-8-9-23-18(14-20)13-17(3)31(23)27(34)29-19-6-7-19;1-3-4-5-2/h4-5,8-9,12-14,19,21,28,32H,1,6-7,10-11,15H2,2-3H3,(H,29,34);3-4H2,1-2H3/b22-5+;/t21-;/m0./s1. The first-order valence-corrected chi connectivity index (χ1v) is 14.7. The molecule has 1 saturated carbocycles. The van der Waals surface area contributed by atoms with Crippen LogP contribution in [0.15, 0.2) is 49.1 Å². The molecule has 3 N–H and O–H groups in total. The number of amides is 2. The molecule has 8 nitrogen and oxygen atoms in total. The minimum Gasteiger partial charge on any atom is -0.391 e. The molecule has 9 heteroatoms. The number of aliphatic hydroxyl groups is 1. The summed E-state index contributed by atoms with van der Waals surface area (Å²) in [6.45, 7) is 11.7. The Hall–Kier alpha value is -3.40. The molecule has 0 bridgehead atoms. The van der Waals surface area contributed by atoms with E-state index in [4.69, 9.17) is 4.74 Å². The quantitative estimate of drug-likeness (QED) is 0.295. The number of methoxy groups -OCH3 is 1. The molecule has 214 valence electrons. The lowest BCUT2D eigenvalue weighted by Gasteiger charge is -2.14. The number of allylic oxidation sites excluding steroid dienone is 2. The van der Waals surface area contributed by atoms with Crippen LogP contribution < -0.4 is 10.6 Å². The number of carbonyl (C=O) groups excluding carboxylic acids is 2. The third-order valence-electron chi connectivity index (χ3n) is 6.89. The lowest BCUT2D eigenvalue weighted by atomic mass is 10.2. The summed E-state index contributed by atoms with van der Waals surface area (Å²) in [5.74, 6) is -0.0402. The highest BCUT2D eigenvalue weighted by atomic mass is 32.1. The zero-order valence-electron chi connectivity index (χ0n) is 23.8. The Morgan fingerprint density at radius 1 is 1.20 bits per heavy atom. The van der Waals surface area contributed by atoms with Gasteiger partial charge in [-0.25, -0.2) is 4.79 Å². The van der Waals surface area contributed by atoms with E-state index in [1.54, 1.807) is 22.7 Å². The second kappa shape index (κ2) is 13.3. The maximum atomic E-state index is 12.9. The minimum absolute atomic E-state index is 0.0402. The van der Waals surface area contributed by atoms with Gasteiger partial charge >= 0.3 is 6.03 Å². The molecular formula is C31H40N4O4S. The Labute approximate surface area is 240 Å². The van der Waals surface area contributed by atoms with Crippen molar-refractivity contribution in [2.75, 3.05) is 32.1 Å². The van der Waals surface area contributed by atoms with Gasteiger partial charge in [-0.3, -0.25) is 9.36 Å². The van der Waals surface area contributed by atoms with E-state index in [2.05, 4.69) is 24.1 Å². The predicted molar refractivity (Wildman–Crippen MR) is 163 cm³/mol. The summed E-state index contributed by atoms with van der Waals surface area (Å²) in [5, 5.41) is 17.3. The van der Waals surface area contributed by atoms with Crippen molar-refractivity contribution in [1.82, 2.24) is 14.8 Å². The van der Waals surface area contributed by atoms with Crippen molar-refractivity contribution in [2.45, 2.75) is 58.6 Å². The molecule has 1 aromatic carbocycles. The third-order valence-corrected chi connectivity index (χ3v) is 8.15. The van der Waals surface area contributed by atoms with E-state index in [-0.39, 0.29) is 11.9 Å². The first kappa shape index (κ1) is 29.6. The number of aliphatic hydroxyl groups excluding tert-OH is 1. The molecule has 2 aromatic heterocycles. The van der Waals surface area contributed by atoms with Crippen molar-refractivity contribution in [3.8, 4) is 0 Å². The number of nitrogens with one attached hydrogen (secondary N) is 2. The molecule has 2 aliphatic rings. The van der Waals surface area contributed by atoms with Crippen LogP contribution in [0.1, 0.15) is 58.4 Å². The van der Waals surface area contributed by atoms with E-state index in [0.29, 0.717) is 30.4 Å². The lowest BCUT2D eigenvalue weighted by molar-refractivity contribution is 0.0769. The summed E-state index contributed by atoms with van der Waals surface area (Å²) >= 11 is 1.44. The molecule has 1 saturated heterocycles. The summed E-state index contributed by atoms with van der Waals surface area (Å²) in [6, 6.07) is 10.1. The first-order chi connectivity index (χ1) is 19.2. The fraction of sp³-hybridized carbons (Fsp3) is 0.419. The molecule has 1 atom stereocenters. The number of aromatic nitrogens is 1. The average molecular weight is 565 g/mol. The zero-order valence-corrected chi connectivity index (χ0v) is 24.6. The Kier molecular flexibility index (Phi) is 9.84. The number of thiophene rings is 1. The Morgan fingerprint density at radius 3 is 2.58 bits per heavy atom. The summed E-state index contributed by atoms with van der Waals surface area (Å²) in [4.78, 5) is 29.0. The monoisotopic (exact) mass is 564 g/mol. The number of fused-ring (bicyclic) bond motifs is 1. The van der Waals surface area contributed by atoms with Gasteiger partial charge < -0.3 is 25.4 Å². The van der Waals surface area contributed by atoms with Gasteiger partial charge in [0.2, 0.25) is 0 Å². The van der Waals surface area contributed by atoms with Crippen molar-refractivity contribution in [1.29, 1.82) is 0 Å². The van der Waals surface area contributed by atoms with Crippen LogP contribution in [0.3, 0.4) is 0 Å². The predicted octanol–water partition coefficient (Wildman–Crippen LogP) is 5.93. The van der Waals surface area contributed by atoms with E-state index < -0.39 is 6.10 Å². The normalized spacial score (nSPS) is 17.0. The highest BCUT2D eigenvalue weighted by Gasteiger charge is 2.28. The molecule has 0 spiro atoms. The van der Waals surface area contributed by atoms with Crippen molar-refractivity contribution in [3.63, 3.8) is 0 Å². The number of β-amino-alcohol motifs (C(OH)–C–C–N with tert-alkyl or cyclic N) is 1. The van der Waals surface area contributed by atoms with Crippen molar-refractivity contribution in [2.24, 2.45) is 0 Å². The topological polar surface area (TPSA) is 95.8 Å². The van der Waals surface area contributed by atoms with E-state index >= 15 is 0 Å². The molecular weight excluding hydrogens is 524 g/mol. The number of hydrogen-bond donors (Lipinski definition) is 3.